The van der Waals surface area contributed by atoms with Crippen molar-refractivity contribution in [2.24, 2.45) is 16.6 Å². The first-order chi connectivity index (χ1) is 19.3. The van der Waals surface area contributed by atoms with Crippen LogP contribution in [0.4, 0.5) is 0 Å². The van der Waals surface area contributed by atoms with Gasteiger partial charge in [0.25, 0.3) is 5.78 Å². The molecule has 6 atom stereocenters. The average molecular weight is 567 g/mol. The Labute approximate surface area is 239 Å². The third kappa shape index (κ3) is 3.93. The number of benzene rings is 1. The lowest BCUT2D eigenvalue weighted by Gasteiger charge is -2.41. The molecule has 0 radical (unpaired) electrons. The minimum atomic E-state index is -1.79. The summed E-state index contributed by atoms with van der Waals surface area (Å²) in [5.41, 5.74) is 7.00. The number of carbonyl (C=O) groups excluding carboxylic acids is 2. The van der Waals surface area contributed by atoms with Gasteiger partial charge in [0.05, 0.1) is 34.9 Å². The molecule has 1 aliphatic carbocycles. The van der Waals surface area contributed by atoms with Crippen molar-refractivity contribution in [1.82, 2.24) is 10.2 Å². The van der Waals surface area contributed by atoms with Gasteiger partial charge in [-0.3, -0.25) is 14.6 Å². The third-order valence-corrected chi connectivity index (χ3v) is 9.48. The largest absolute Gasteiger partial charge is 0.507 e. The summed E-state index contributed by atoms with van der Waals surface area (Å²) in [4.78, 5) is 35.2. The Bertz CT molecular complexity index is 1430. The van der Waals surface area contributed by atoms with Gasteiger partial charge >= 0.3 is 5.79 Å². The van der Waals surface area contributed by atoms with E-state index in [9.17, 15) is 19.8 Å². The number of carbonyl (C=O) groups is 2. The van der Waals surface area contributed by atoms with Gasteiger partial charge in [-0.15, -0.1) is 0 Å². The molecule has 11 nitrogen and oxygen atoms in total. The minimum Gasteiger partial charge on any atom is -0.507 e. The summed E-state index contributed by atoms with van der Waals surface area (Å²) in [6.07, 6.45) is 4.97. The van der Waals surface area contributed by atoms with Crippen molar-refractivity contribution in [1.29, 1.82) is 0 Å². The van der Waals surface area contributed by atoms with Crippen LogP contribution in [0.1, 0.15) is 78.3 Å². The molecule has 2 saturated heterocycles. The lowest BCUT2D eigenvalue weighted by atomic mass is 9.83. The van der Waals surface area contributed by atoms with Gasteiger partial charge in [-0.1, -0.05) is 13.8 Å². The number of aliphatic hydroxyl groups is 1. The van der Waals surface area contributed by atoms with Crippen LogP contribution in [0.25, 0.3) is 0 Å². The summed E-state index contributed by atoms with van der Waals surface area (Å²) in [7, 11) is 3.61. The highest BCUT2D eigenvalue weighted by atomic mass is 16.7. The number of rotatable bonds is 6. The number of hydrogen-bond acceptors (Lipinski definition) is 11. The fraction of sp³-hybridized carbons (Fsp3) is 0.567. The van der Waals surface area contributed by atoms with Crippen LogP contribution in [0.2, 0.25) is 0 Å². The van der Waals surface area contributed by atoms with E-state index < -0.39 is 35.2 Å². The molecule has 11 heteroatoms. The molecule has 6 rings (SSSR count). The summed E-state index contributed by atoms with van der Waals surface area (Å²) in [6.45, 7) is 6.78. The van der Waals surface area contributed by atoms with Gasteiger partial charge in [0.2, 0.25) is 5.78 Å². The number of nitrogens with zero attached hydrogens (tertiary/aromatic N) is 2. The molecule has 4 heterocycles. The molecule has 1 aromatic carbocycles. The average Bonchev–Trinajstić information content (AvgIpc) is 3.49. The second-order valence-corrected chi connectivity index (χ2v) is 12.4. The maximum Gasteiger partial charge on any atom is 0.312 e. The summed E-state index contributed by atoms with van der Waals surface area (Å²) >= 11 is 0. The quantitative estimate of drug-likeness (QED) is 0.377. The van der Waals surface area contributed by atoms with Crippen LogP contribution in [-0.4, -0.2) is 82.3 Å². The fourth-order valence-corrected chi connectivity index (χ4v) is 7.00. The number of ketones is 2. The standard InChI is InChI=1S/C30H38N4O7/c1-13(2)24(35)17(39-6)9-10-40-29(4)28(38)20-18-19(25(36)14(3)27(20)41-29)26(37)21(31)23-22(18)32-30(33-23)11-15-7-8-16(12-30)34(15)5/h9-10,13,15-17,24,33,35-36H,7-8,11-12,31H2,1-6H3/b10-9+/t15-,16?,17-,24?,29-,30+/m0/s1. The minimum absolute atomic E-state index is 0.0309. The van der Waals surface area contributed by atoms with Crippen LogP contribution in [0.15, 0.2) is 28.7 Å². The molecule has 41 heavy (non-hydrogen) atoms. The lowest BCUT2D eigenvalue weighted by molar-refractivity contribution is -0.0861. The smallest absolute Gasteiger partial charge is 0.312 e. The van der Waals surface area contributed by atoms with Crippen molar-refractivity contribution in [2.45, 2.75) is 89.1 Å². The first-order valence-electron chi connectivity index (χ1n) is 14.2. The molecule has 220 valence electrons. The number of allylic oxidation sites excluding steroid dienone is 2. The number of ether oxygens (including phenoxy) is 3. The number of aromatic hydroxyl groups is 1. The number of phenols is 1. The number of hydrogen-bond donors (Lipinski definition) is 4. The molecule has 2 bridgehead atoms. The Morgan fingerprint density at radius 2 is 1.85 bits per heavy atom. The summed E-state index contributed by atoms with van der Waals surface area (Å²) in [5, 5.41) is 25.1. The van der Waals surface area contributed by atoms with Crippen LogP contribution in [-0.2, 0) is 9.47 Å². The van der Waals surface area contributed by atoms with Crippen LogP contribution in [0, 0.1) is 12.8 Å². The monoisotopic (exact) mass is 566 g/mol. The van der Waals surface area contributed by atoms with E-state index >= 15 is 0 Å². The first-order valence-corrected chi connectivity index (χ1v) is 14.2. The molecule has 2 unspecified atom stereocenters. The second kappa shape index (κ2) is 9.30. The molecule has 0 saturated carbocycles. The number of piperidine rings is 1. The normalized spacial score (nSPS) is 31.8. The maximum atomic E-state index is 14.1. The fourth-order valence-electron chi connectivity index (χ4n) is 7.00. The van der Waals surface area contributed by atoms with Crippen molar-refractivity contribution >= 4 is 17.3 Å². The van der Waals surface area contributed by atoms with E-state index in [2.05, 4.69) is 17.3 Å². The summed E-state index contributed by atoms with van der Waals surface area (Å²) < 4.78 is 17.3. The number of aliphatic imine (C=N–C) groups is 1. The highest BCUT2D eigenvalue weighted by molar-refractivity contribution is 6.33. The third-order valence-electron chi connectivity index (χ3n) is 9.48. The van der Waals surface area contributed by atoms with E-state index in [0.29, 0.717) is 23.5 Å². The highest BCUT2D eigenvalue weighted by Gasteiger charge is 2.55. The van der Waals surface area contributed by atoms with Crippen LogP contribution < -0.4 is 15.8 Å². The number of phenolic OH excluding ortho intramolecular Hbond substituents is 1. The van der Waals surface area contributed by atoms with Crippen molar-refractivity contribution in [3.63, 3.8) is 0 Å². The highest BCUT2D eigenvalue weighted by Crippen LogP contribution is 2.51. The van der Waals surface area contributed by atoms with Gasteiger partial charge in [0.1, 0.15) is 29.0 Å². The van der Waals surface area contributed by atoms with Crippen LogP contribution >= 0.6 is 0 Å². The van der Waals surface area contributed by atoms with E-state index in [-0.39, 0.29) is 45.4 Å². The molecule has 5 N–H and O–H groups in total. The molecular weight excluding hydrogens is 528 g/mol. The number of nitrogens with one attached hydrogen (secondary N) is 1. The Hall–Kier alpha value is -3.41. The predicted octanol–water partition coefficient (Wildman–Crippen LogP) is 2.27. The Morgan fingerprint density at radius 1 is 1.20 bits per heavy atom. The van der Waals surface area contributed by atoms with Crippen molar-refractivity contribution in [3.8, 4) is 11.5 Å². The zero-order valence-electron chi connectivity index (χ0n) is 24.3. The Morgan fingerprint density at radius 3 is 2.46 bits per heavy atom. The van der Waals surface area contributed by atoms with Gasteiger partial charge < -0.3 is 40.4 Å². The van der Waals surface area contributed by atoms with E-state index in [0.717, 1.165) is 25.7 Å². The second-order valence-electron chi connectivity index (χ2n) is 12.4. The molecule has 5 aliphatic rings. The Balaban J connectivity index is 1.42. The molecule has 4 aliphatic heterocycles. The van der Waals surface area contributed by atoms with Gasteiger partial charge in [0.15, 0.2) is 0 Å². The first kappa shape index (κ1) is 27.7. The lowest BCUT2D eigenvalue weighted by Crippen LogP contribution is -2.53. The number of Topliss-reactive ketones (excluding diaryl/α,β-unsaturated/α-hetero) is 2. The van der Waals surface area contributed by atoms with Gasteiger partial charge in [-0.25, -0.2) is 0 Å². The molecule has 0 amide bonds. The van der Waals surface area contributed by atoms with Crippen LogP contribution in [0.3, 0.4) is 0 Å². The molecule has 1 aromatic rings. The van der Waals surface area contributed by atoms with Crippen LogP contribution in [0.5, 0.6) is 11.5 Å². The predicted molar refractivity (Wildman–Crippen MR) is 150 cm³/mol. The van der Waals surface area contributed by atoms with E-state index in [4.69, 9.17) is 24.9 Å². The van der Waals surface area contributed by atoms with Crippen molar-refractivity contribution in [3.05, 3.63) is 46.0 Å². The van der Waals surface area contributed by atoms with Gasteiger partial charge in [-0.2, -0.15) is 0 Å². The van der Waals surface area contributed by atoms with E-state index in [1.165, 1.54) is 26.4 Å². The zero-order valence-corrected chi connectivity index (χ0v) is 24.3. The molecule has 2 fully saturated rings. The number of fused-ring (bicyclic) bond motifs is 7. The molecular formula is C30H38N4O7. The summed E-state index contributed by atoms with van der Waals surface area (Å²) in [5.74, 6) is -3.11. The number of methoxy groups -OCH3 is 1. The Kier molecular flexibility index (Phi) is 6.29. The molecule has 0 aromatic heterocycles. The van der Waals surface area contributed by atoms with Crippen molar-refractivity contribution in [2.75, 3.05) is 14.2 Å². The number of aliphatic hydroxyl groups excluding tert-OH is 1. The number of nitrogens with two attached hydrogens (primary N) is 1. The SMILES string of the molecule is CO[C@@H](/C=C/O[C@@]1(C)Oc2c(C)c(O)c3c(c2C1=O)C1=N[C@@]2(CC4CC[C@@H](C2)N4C)NC1=C(N)C3=O)C(O)C(C)C. The van der Waals surface area contributed by atoms with E-state index in [1.807, 2.05) is 13.8 Å². The van der Waals surface area contributed by atoms with E-state index in [1.54, 1.807) is 6.92 Å². The van der Waals surface area contributed by atoms with Gasteiger partial charge in [-0.05, 0) is 38.8 Å². The topological polar surface area (TPSA) is 156 Å². The molecule has 1 spiro atoms. The van der Waals surface area contributed by atoms with Crippen molar-refractivity contribution < 1.29 is 34.0 Å². The van der Waals surface area contributed by atoms with Gasteiger partial charge in [0, 0.05) is 50.1 Å². The maximum absolute atomic E-state index is 14.1. The summed E-state index contributed by atoms with van der Waals surface area (Å²) in [6, 6.07) is 0.692. The zero-order chi connectivity index (χ0) is 29.6.